The fraction of sp³-hybridized carbons (Fsp3) is 0.158. The number of hydrogen-bond donors (Lipinski definition) is 2. The molecule has 0 atom stereocenters. The lowest BCUT2D eigenvalue weighted by molar-refractivity contribution is 0.0579. The summed E-state index contributed by atoms with van der Waals surface area (Å²) in [5, 5.41) is 18.5. The second kappa shape index (κ2) is 8.13. The smallest absolute Gasteiger partial charge is 0.338 e. The van der Waals surface area contributed by atoms with Crippen molar-refractivity contribution in [2.24, 2.45) is 0 Å². The van der Waals surface area contributed by atoms with Crippen molar-refractivity contribution in [1.82, 2.24) is 0 Å². The molecule has 27 heavy (non-hydrogen) atoms. The van der Waals surface area contributed by atoms with E-state index in [1.165, 1.54) is 30.3 Å². The number of ether oxygens (including phenoxy) is 2. The zero-order chi connectivity index (χ0) is 20.1. The van der Waals surface area contributed by atoms with Crippen LogP contribution in [0.1, 0.15) is 52.6 Å². The first kappa shape index (κ1) is 19.6. The van der Waals surface area contributed by atoms with Crippen molar-refractivity contribution in [1.29, 1.82) is 0 Å². The van der Waals surface area contributed by atoms with Crippen molar-refractivity contribution in [3.05, 3.63) is 69.8 Å². The van der Waals surface area contributed by atoms with Crippen LogP contribution in [0, 0.1) is 0 Å². The van der Waals surface area contributed by atoms with Crippen molar-refractivity contribution in [3.8, 4) is 0 Å². The number of rotatable bonds is 6. The lowest BCUT2D eigenvalue weighted by Gasteiger charge is -2.10. The summed E-state index contributed by atoms with van der Waals surface area (Å²) in [5.41, 5.74) is 0.534. The van der Waals surface area contributed by atoms with Gasteiger partial charge in [0.05, 0.1) is 36.5 Å². The average molecular weight is 372 g/mol. The van der Waals surface area contributed by atoms with Crippen LogP contribution in [0.25, 0.3) is 0 Å². The molecule has 0 aromatic heterocycles. The number of aromatic carboxylic acids is 2. The van der Waals surface area contributed by atoms with Crippen LogP contribution in [0.2, 0.25) is 0 Å². The van der Waals surface area contributed by atoms with Gasteiger partial charge in [-0.1, -0.05) is 12.1 Å². The molecule has 0 saturated heterocycles. The Kier molecular flexibility index (Phi) is 5.92. The fourth-order valence-corrected chi connectivity index (χ4v) is 2.57. The third-order valence-corrected chi connectivity index (χ3v) is 3.85. The van der Waals surface area contributed by atoms with Crippen LogP contribution in [-0.4, -0.2) is 48.3 Å². The lowest BCUT2D eigenvalue weighted by Crippen LogP contribution is -2.12. The van der Waals surface area contributed by atoms with Crippen molar-refractivity contribution in [3.63, 3.8) is 0 Å². The molecule has 0 amide bonds. The van der Waals surface area contributed by atoms with E-state index in [2.05, 4.69) is 9.47 Å². The highest BCUT2D eigenvalue weighted by Crippen LogP contribution is 2.20. The Bertz CT molecular complexity index is 929. The van der Waals surface area contributed by atoms with E-state index >= 15 is 0 Å². The van der Waals surface area contributed by atoms with E-state index < -0.39 is 23.9 Å². The van der Waals surface area contributed by atoms with Crippen LogP contribution in [0.4, 0.5) is 0 Å². The summed E-state index contributed by atoms with van der Waals surface area (Å²) in [4.78, 5) is 46.2. The number of esters is 2. The zero-order valence-corrected chi connectivity index (χ0v) is 14.5. The topological polar surface area (TPSA) is 127 Å². The Balaban J connectivity index is 2.43. The van der Waals surface area contributed by atoms with Gasteiger partial charge in [-0.3, -0.25) is 0 Å². The Morgan fingerprint density at radius 1 is 0.704 bits per heavy atom. The molecule has 2 aromatic rings. The van der Waals surface area contributed by atoms with Gasteiger partial charge in [-0.15, -0.1) is 0 Å². The molecule has 0 aliphatic rings. The number of carbonyl (C=O) groups is 4. The standard InChI is InChI=1S/C19H16O8/c1-26-18(24)13-6-4-10(8-14(13)17(22)23)7-11-3-5-12(16(20)21)15(9-11)19(25)27-2/h3-6,8-9H,7H2,1-2H3,(H,20,21)(H,22,23). The van der Waals surface area contributed by atoms with Gasteiger partial charge in [-0.2, -0.15) is 0 Å². The third-order valence-electron chi connectivity index (χ3n) is 3.85. The van der Waals surface area contributed by atoms with Gasteiger partial charge in [0.25, 0.3) is 0 Å². The molecule has 2 rings (SSSR count). The first-order valence-electron chi connectivity index (χ1n) is 7.67. The molecule has 0 aliphatic carbocycles. The van der Waals surface area contributed by atoms with Gasteiger partial charge < -0.3 is 19.7 Å². The highest BCUT2D eigenvalue weighted by molar-refractivity contribution is 6.03. The molecule has 0 bridgehead atoms. The highest BCUT2D eigenvalue weighted by atomic mass is 16.5. The molecule has 0 spiro atoms. The summed E-state index contributed by atoms with van der Waals surface area (Å²) in [6.07, 6.45) is 0.214. The molecule has 8 nitrogen and oxygen atoms in total. The van der Waals surface area contributed by atoms with E-state index in [4.69, 9.17) is 0 Å². The monoisotopic (exact) mass is 372 g/mol. The van der Waals surface area contributed by atoms with Crippen LogP contribution >= 0.6 is 0 Å². The average Bonchev–Trinajstić information content (AvgIpc) is 2.66. The second-order valence-corrected chi connectivity index (χ2v) is 5.53. The summed E-state index contributed by atoms with van der Waals surface area (Å²) < 4.78 is 9.17. The van der Waals surface area contributed by atoms with Crippen LogP contribution in [0.15, 0.2) is 36.4 Å². The van der Waals surface area contributed by atoms with Crippen molar-refractivity contribution in [2.45, 2.75) is 6.42 Å². The molecule has 2 N–H and O–H groups in total. The molecule has 2 aromatic carbocycles. The predicted molar refractivity (Wildman–Crippen MR) is 92.3 cm³/mol. The number of carboxylic acid groups (broad SMARTS) is 2. The van der Waals surface area contributed by atoms with Crippen molar-refractivity contribution < 1.29 is 38.9 Å². The van der Waals surface area contributed by atoms with Gasteiger partial charge in [0.1, 0.15) is 0 Å². The number of benzene rings is 2. The summed E-state index contributed by atoms with van der Waals surface area (Å²) in [7, 11) is 2.30. The van der Waals surface area contributed by atoms with E-state index in [0.29, 0.717) is 11.1 Å². The third kappa shape index (κ3) is 4.30. The van der Waals surface area contributed by atoms with E-state index in [9.17, 15) is 29.4 Å². The molecular weight excluding hydrogens is 356 g/mol. The Morgan fingerprint density at radius 3 is 1.63 bits per heavy atom. The van der Waals surface area contributed by atoms with Crippen molar-refractivity contribution in [2.75, 3.05) is 14.2 Å². The summed E-state index contributed by atoms with van der Waals surface area (Å²) >= 11 is 0. The minimum absolute atomic E-state index is 0.0785. The van der Waals surface area contributed by atoms with E-state index in [-0.39, 0.29) is 28.7 Å². The number of carbonyl (C=O) groups excluding carboxylic acids is 2. The molecule has 140 valence electrons. The summed E-state index contributed by atoms with van der Waals surface area (Å²) in [6, 6.07) is 8.41. The van der Waals surface area contributed by atoms with Gasteiger partial charge in [0.2, 0.25) is 0 Å². The minimum atomic E-state index is -1.28. The Morgan fingerprint density at radius 2 is 1.15 bits per heavy atom. The van der Waals surface area contributed by atoms with Crippen LogP contribution < -0.4 is 0 Å². The van der Waals surface area contributed by atoms with Crippen LogP contribution in [-0.2, 0) is 15.9 Å². The predicted octanol–water partition coefficient (Wildman–Crippen LogP) is 2.25. The summed E-state index contributed by atoms with van der Waals surface area (Å²) in [5.74, 6) is -4.11. The fourth-order valence-electron chi connectivity index (χ4n) is 2.57. The molecule has 8 heteroatoms. The largest absolute Gasteiger partial charge is 0.478 e. The molecule has 0 aliphatic heterocycles. The maximum absolute atomic E-state index is 11.8. The molecule has 0 fully saturated rings. The van der Waals surface area contributed by atoms with Crippen LogP contribution in [0.5, 0.6) is 0 Å². The first-order chi connectivity index (χ1) is 12.8. The van der Waals surface area contributed by atoms with Crippen LogP contribution in [0.3, 0.4) is 0 Å². The molecule has 0 unspecified atom stereocenters. The van der Waals surface area contributed by atoms with Crippen molar-refractivity contribution >= 4 is 23.9 Å². The second-order valence-electron chi connectivity index (χ2n) is 5.53. The van der Waals surface area contributed by atoms with Gasteiger partial charge in [-0.25, -0.2) is 19.2 Å². The maximum atomic E-state index is 11.8. The molecular formula is C19H16O8. The quantitative estimate of drug-likeness (QED) is 0.739. The normalized spacial score (nSPS) is 10.1. The summed E-state index contributed by atoms with van der Waals surface area (Å²) in [6.45, 7) is 0. The van der Waals surface area contributed by atoms with Gasteiger partial charge >= 0.3 is 23.9 Å². The van der Waals surface area contributed by atoms with E-state index in [0.717, 1.165) is 14.2 Å². The Labute approximate surface area is 154 Å². The first-order valence-corrected chi connectivity index (χ1v) is 7.67. The number of methoxy groups -OCH3 is 2. The highest BCUT2D eigenvalue weighted by Gasteiger charge is 2.20. The Hall–Kier alpha value is -3.68. The molecule has 0 saturated carbocycles. The van der Waals surface area contributed by atoms with E-state index in [1.54, 1.807) is 6.07 Å². The SMILES string of the molecule is COC(=O)c1ccc(Cc2ccc(C(=O)O)c(C(=O)OC)c2)cc1C(=O)O. The van der Waals surface area contributed by atoms with Gasteiger partial charge in [0, 0.05) is 0 Å². The lowest BCUT2D eigenvalue weighted by atomic mass is 9.96. The number of carboxylic acids is 2. The number of hydrogen-bond acceptors (Lipinski definition) is 6. The minimum Gasteiger partial charge on any atom is -0.478 e. The van der Waals surface area contributed by atoms with Gasteiger partial charge in [0.15, 0.2) is 0 Å². The zero-order valence-electron chi connectivity index (χ0n) is 14.5. The van der Waals surface area contributed by atoms with E-state index in [1.807, 2.05) is 0 Å². The maximum Gasteiger partial charge on any atom is 0.338 e. The van der Waals surface area contributed by atoms with Gasteiger partial charge in [-0.05, 0) is 41.8 Å². The molecule has 0 heterocycles. The molecule has 0 radical (unpaired) electrons.